The molecule has 0 radical (unpaired) electrons. The molecule has 39 heavy (non-hydrogen) atoms. The molecule has 4 aromatic rings. The van der Waals surface area contributed by atoms with Crippen LogP contribution in [-0.4, -0.2) is 27.5 Å². The third kappa shape index (κ3) is 4.62. The van der Waals surface area contributed by atoms with Gasteiger partial charge in [-0.25, -0.2) is 0 Å². The molecule has 0 amide bonds. The zero-order valence-electron chi connectivity index (χ0n) is 21.0. The maximum atomic E-state index is 14.1. The average molecular weight is 535 g/mol. The van der Waals surface area contributed by atoms with E-state index in [4.69, 9.17) is 14.6 Å². The predicted octanol–water partition coefficient (Wildman–Crippen LogP) is 6.79. The molecule has 6 rings (SSSR count). The van der Waals surface area contributed by atoms with Gasteiger partial charge in [-0.3, -0.25) is 9.48 Å². The number of carbonyl (C=O) groups is 1. The Balaban J connectivity index is 1.32. The van der Waals surface area contributed by atoms with Crippen LogP contribution in [0.4, 0.5) is 13.2 Å². The van der Waals surface area contributed by atoms with Gasteiger partial charge in [0, 0.05) is 30.8 Å². The van der Waals surface area contributed by atoms with Crippen LogP contribution in [0.2, 0.25) is 0 Å². The minimum absolute atomic E-state index is 0.0173. The van der Waals surface area contributed by atoms with E-state index in [1.165, 1.54) is 6.07 Å². The van der Waals surface area contributed by atoms with E-state index in [1.54, 1.807) is 35.1 Å². The molecule has 0 fully saturated rings. The van der Waals surface area contributed by atoms with E-state index in [2.05, 4.69) is 5.10 Å². The fourth-order valence-electron chi connectivity index (χ4n) is 5.69. The molecule has 9 heteroatoms. The molecule has 200 valence electrons. The summed E-state index contributed by atoms with van der Waals surface area (Å²) in [4.78, 5) is 11.1. The largest absolute Gasteiger partial charge is 0.492 e. The fraction of sp³-hybridized carbons (Fsp3) is 0.267. The quantitative estimate of drug-likeness (QED) is 0.295. The van der Waals surface area contributed by atoms with Crippen LogP contribution in [-0.2, 0) is 24.4 Å². The van der Waals surface area contributed by atoms with Crippen molar-refractivity contribution in [3.63, 3.8) is 0 Å². The summed E-state index contributed by atoms with van der Waals surface area (Å²) < 4.78 is 56.1. The maximum Gasteiger partial charge on any atom is 0.417 e. The molecule has 0 saturated heterocycles. The molecule has 1 aliphatic heterocycles. The minimum Gasteiger partial charge on any atom is -0.492 e. The number of alkyl halides is 3. The second-order valence-corrected chi connectivity index (χ2v) is 9.92. The van der Waals surface area contributed by atoms with Gasteiger partial charge < -0.3 is 14.6 Å². The second kappa shape index (κ2) is 9.48. The lowest BCUT2D eigenvalue weighted by Gasteiger charge is -2.20. The first-order chi connectivity index (χ1) is 18.7. The molecular formula is C30H25F3N2O4. The van der Waals surface area contributed by atoms with Gasteiger partial charge in [0.2, 0.25) is 0 Å². The number of carboxylic acid groups (broad SMARTS) is 1. The van der Waals surface area contributed by atoms with Gasteiger partial charge in [-0.1, -0.05) is 36.4 Å². The number of benzene rings is 3. The van der Waals surface area contributed by atoms with Crippen molar-refractivity contribution in [2.75, 3.05) is 6.61 Å². The van der Waals surface area contributed by atoms with Crippen molar-refractivity contribution in [3.8, 4) is 33.9 Å². The Bertz CT molecular complexity index is 1560. The van der Waals surface area contributed by atoms with Gasteiger partial charge >= 0.3 is 12.1 Å². The van der Waals surface area contributed by atoms with Crippen LogP contribution in [0, 0.1) is 0 Å². The molecule has 2 atom stereocenters. The molecule has 0 unspecified atom stereocenters. The summed E-state index contributed by atoms with van der Waals surface area (Å²) in [6.45, 7) is 0.292. The molecule has 6 nitrogen and oxygen atoms in total. The van der Waals surface area contributed by atoms with Crippen molar-refractivity contribution in [1.82, 2.24) is 9.78 Å². The third-order valence-electron chi connectivity index (χ3n) is 7.51. The van der Waals surface area contributed by atoms with Gasteiger partial charge in [-0.15, -0.1) is 0 Å². The number of aliphatic carboxylic acids is 1. The van der Waals surface area contributed by atoms with E-state index in [9.17, 15) is 18.0 Å². The van der Waals surface area contributed by atoms with Crippen molar-refractivity contribution in [1.29, 1.82) is 0 Å². The lowest BCUT2D eigenvalue weighted by Crippen LogP contribution is -2.10. The highest BCUT2D eigenvalue weighted by Crippen LogP contribution is 2.47. The molecule has 3 aromatic carbocycles. The summed E-state index contributed by atoms with van der Waals surface area (Å²) >= 11 is 0. The van der Waals surface area contributed by atoms with Crippen LogP contribution in [0.5, 0.6) is 11.5 Å². The number of carboxylic acids is 1. The molecule has 0 spiro atoms. The van der Waals surface area contributed by atoms with Crippen molar-refractivity contribution in [2.24, 2.45) is 7.05 Å². The van der Waals surface area contributed by atoms with Gasteiger partial charge in [-0.2, -0.15) is 18.3 Å². The number of aryl methyl sites for hydroxylation is 1. The van der Waals surface area contributed by atoms with Gasteiger partial charge in [0.25, 0.3) is 0 Å². The first-order valence-electron chi connectivity index (χ1n) is 12.7. The Morgan fingerprint density at radius 2 is 1.82 bits per heavy atom. The Morgan fingerprint density at radius 3 is 2.51 bits per heavy atom. The number of hydrogen-bond acceptors (Lipinski definition) is 4. The Morgan fingerprint density at radius 1 is 1.08 bits per heavy atom. The summed E-state index contributed by atoms with van der Waals surface area (Å²) in [6.07, 6.45) is -2.27. The topological polar surface area (TPSA) is 73.6 Å². The lowest BCUT2D eigenvalue weighted by molar-refractivity contribution is -0.138. The van der Waals surface area contributed by atoms with Crippen molar-refractivity contribution in [3.05, 3.63) is 89.1 Å². The minimum atomic E-state index is -4.51. The standard InChI is InChI=1S/C30H25F3N2O4/c1-35-25(12-13-34-35)17-2-4-18(5-3-17)29-23-9-11-26(22(23)8-10-24(29)30(31,32)33)39-20-6-7-21-19(14-28(36)37)16-38-27(21)15-20/h2-8,10,12-13,15,19,26H,9,11,14,16H2,1H3,(H,36,37)/t19-,26-/m1/s1. The zero-order valence-corrected chi connectivity index (χ0v) is 21.0. The van der Waals surface area contributed by atoms with E-state index in [0.717, 1.165) is 28.5 Å². The van der Waals surface area contributed by atoms with E-state index in [1.807, 2.05) is 31.3 Å². The maximum absolute atomic E-state index is 14.1. The predicted molar refractivity (Wildman–Crippen MR) is 138 cm³/mol. The monoisotopic (exact) mass is 534 g/mol. The Kier molecular flexibility index (Phi) is 6.09. The highest BCUT2D eigenvalue weighted by atomic mass is 19.4. The molecule has 0 saturated carbocycles. The molecular weight excluding hydrogens is 509 g/mol. The van der Waals surface area contributed by atoms with Gasteiger partial charge in [-0.05, 0) is 58.9 Å². The first-order valence-corrected chi connectivity index (χ1v) is 12.7. The summed E-state index contributed by atoms with van der Waals surface area (Å²) in [5.74, 6) is 0.00880. The summed E-state index contributed by atoms with van der Waals surface area (Å²) in [5, 5.41) is 13.3. The summed E-state index contributed by atoms with van der Waals surface area (Å²) in [7, 11) is 1.82. The van der Waals surface area contributed by atoms with Crippen molar-refractivity contribution in [2.45, 2.75) is 37.5 Å². The molecule has 2 aliphatic rings. The lowest BCUT2D eigenvalue weighted by atomic mass is 9.90. The van der Waals surface area contributed by atoms with Crippen LogP contribution in [0.25, 0.3) is 22.4 Å². The van der Waals surface area contributed by atoms with E-state index < -0.39 is 23.8 Å². The summed E-state index contributed by atoms with van der Waals surface area (Å²) in [6, 6.07) is 16.9. The number of halogens is 3. The van der Waals surface area contributed by atoms with E-state index >= 15 is 0 Å². The number of aromatic nitrogens is 2. The Labute approximate surface area is 222 Å². The highest BCUT2D eigenvalue weighted by molar-refractivity contribution is 5.76. The second-order valence-electron chi connectivity index (χ2n) is 9.92. The normalized spacial score (nSPS) is 17.9. The smallest absolute Gasteiger partial charge is 0.417 e. The number of fused-ring (bicyclic) bond motifs is 2. The highest BCUT2D eigenvalue weighted by Gasteiger charge is 2.38. The van der Waals surface area contributed by atoms with Crippen LogP contribution < -0.4 is 9.47 Å². The fourth-order valence-corrected chi connectivity index (χ4v) is 5.69. The molecule has 1 aromatic heterocycles. The van der Waals surface area contributed by atoms with Crippen molar-refractivity contribution < 1.29 is 32.5 Å². The third-order valence-corrected chi connectivity index (χ3v) is 7.51. The van der Waals surface area contributed by atoms with Gasteiger partial charge in [0.05, 0.1) is 24.3 Å². The molecule has 2 heterocycles. The van der Waals surface area contributed by atoms with Gasteiger partial charge in [0.15, 0.2) is 0 Å². The number of rotatable bonds is 6. The average Bonchev–Trinajstić information content (AvgIpc) is 3.62. The number of hydrogen-bond donors (Lipinski definition) is 1. The SMILES string of the molecule is Cn1nccc1-c1ccc(-c2c(C(F)(F)F)ccc3c2CC[C@H]3Oc2ccc3c(c2)OC[C@H]3CC(=O)O)cc1. The number of nitrogens with zero attached hydrogens (tertiary/aromatic N) is 2. The number of ether oxygens (including phenoxy) is 2. The van der Waals surface area contributed by atoms with E-state index in [0.29, 0.717) is 42.1 Å². The van der Waals surface area contributed by atoms with Gasteiger partial charge in [0.1, 0.15) is 17.6 Å². The molecule has 0 bridgehead atoms. The van der Waals surface area contributed by atoms with Crippen LogP contribution in [0.1, 0.15) is 47.1 Å². The summed E-state index contributed by atoms with van der Waals surface area (Å²) in [5.41, 5.74) is 3.97. The van der Waals surface area contributed by atoms with Crippen LogP contribution in [0.15, 0.2) is 66.9 Å². The van der Waals surface area contributed by atoms with Crippen LogP contribution >= 0.6 is 0 Å². The zero-order chi connectivity index (χ0) is 27.3. The molecule has 1 N–H and O–H groups in total. The first kappa shape index (κ1) is 25.0. The van der Waals surface area contributed by atoms with E-state index in [-0.39, 0.29) is 17.9 Å². The van der Waals surface area contributed by atoms with Crippen molar-refractivity contribution >= 4 is 5.97 Å². The van der Waals surface area contributed by atoms with Crippen LogP contribution in [0.3, 0.4) is 0 Å². The Hall–Kier alpha value is -4.27. The molecule has 1 aliphatic carbocycles.